The van der Waals surface area contributed by atoms with Crippen LogP contribution in [-0.4, -0.2) is 41.8 Å². The molecule has 0 aromatic heterocycles. The Bertz CT molecular complexity index is 709. The van der Waals surface area contributed by atoms with Crippen molar-refractivity contribution in [3.8, 4) is 0 Å². The Morgan fingerprint density at radius 1 is 1.31 bits per heavy atom. The molecule has 1 saturated heterocycles. The van der Waals surface area contributed by atoms with Crippen LogP contribution in [-0.2, 0) is 4.79 Å². The van der Waals surface area contributed by atoms with Gasteiger partial charge >= 0.3 is 0 Å². The highest BCUT2D eigenvalue weighted by Gasteiger charge is 2.28. The molecule has 1 fully saturated rings. The molecule has 2 aliphatic heterocycles. The Balaban J connectivity index is 1.81. The van der Waals surface area contributed by atoms with Crippen molar-refractivity contribution in [2.45, 2.75) is 25.4 Å². The van der Waals surface area contributed by atoms with E-state index in [9.17, 15) is 9.18 Å². The van der Waals surface area contributed by atoms with E-state index in [1.165, 1.54) is 16.8 Å². The zero-order valence-corrected chi connectivity index (χ0v) is 15.0. The minimum absolute atomic E-state index is 0.129. The first-order valence-electron chi connectivity index (χ1n) is 8.53. The molecule has 0 saturated carbocycles. The number of likely N-dealkylation sites (tertiary alicyclic amines) is 1. The number of piperidine rings is 1. The van der Waals surface area contributed by atoms with Crippen LogP contribution in [0.25, 0.3) is 0 Å². The van der Waals surface area contributed by atoms with Gasteiger partial charge in [-0.25, -0.2) is 9.40 Å². The van der Waals surface area contributed by atoms with Gasteiger partial charge in [-0.15, -0.1) is 0 Å². The van der Waals surface area contributed by atoms with Gasteiger partial charge in [-0.1, -0.05) is 18.2 Å². The molecule has 0 bridgehead atoms. The summed E-state index contributed by atoms with van der Waals surface area (Å²) >= 11 is 6.45. The molecule has 1 unspecified atom stereocenters. The van der Waals surface area contributed by atoms with E-state index in [-0.39, 0.29) is 18.7 Å². The summed E-state index contributed by atoms with van der Waals surface area (Å²) in [6.07, 6.45) is 7.87. The number of nitrogens with zero attached hydrogens (tertiary/aromatic N) is 4. The van der Waals surface area contributed by atoms with Crippen LogP contribution in [0.1, 0.15) is 19.3 Å². The van der Waals surface area contributed by atoms with Gasteiger partial charge in [0.1, 0.15) is 13.0 Å². The number of hydrogen-bond donors (Lipinski definition) is 1. The van der Waals surface area contributed by atoms with Crippen molar-refractivity contribution in [2.24, 2.45) is 4.99 Å². The SMILES string of the molecule is O=CC=CN1CCCCC1NC1=C(F)C=NCN1N(Cl)c1ccccc1. The third kappa shape index (κ3) is 4.16. The lowest BCUT2D eigenvalue weighted by Crippen LogP contribution is -2.51. The molecule has 1 atom stereocenters. The number of halogens is 2. The maximum atomic E-state index is 14.6. The summed E-state index contributed by atoms with van der Waals surface area (Å²) in [6.45, 7) is 0.999. The molecule has 6 nitrogen and oxygen atoms in total. The molecule has 2 aliphatic rings. The summed E-state index contributed by atoms with van der Waals surface area (Å²) in [5.74, 6) is -0.224. The average molecular weight is 378 g/mol. The number of nitrogens with one attached hydrogen (secondary N) is 1. The molecule has 26 heavy (non-hydrogen) atoms. The zero-order chi connectivity index (χ0) is 18.4. The number of benzene rings is 1. The fourth-order valence-electron chi connectivity index (χ4n) is 3.02. The van der Waals surface area contributed by atoms with Crippen molar-refractivity contribution >= 4 is 30.0 Å². The fraction of sp³-hybridized carbons (Fsp3) is 0.333. The largest absolute Gasteiger partial charge is 0.357 e. The van der Waals surface area contributed by atoms with Gasteiger partial charge in [0.15, 0.2) is 11.6 Å². The van der Waals surface area contributed by atoms with Gasteiger partial charge in [0.25, 0.3) is 0 Å². The number of hydrazine groups is 1. The third-order valence-electron chi connectivity index (χ3n) is 4.29. The molecule has 1 N–H and O–H groups in total. The summed E-state index contributed by atoms with van der Waals surface area (Å²) in [5, 5.41) is 4.78. The smallest absolute Gasteiger partial charge is 0.183 e. The first kappa shape index (κ1) is 18.3. The Hall–Kier alpha value is -2.54. The maximum Gasteiger partial charge on any atom is 0.183 e. The average Bonchev–Trinajstić information content (AvgIpc) is 2.69. The standard InChI is InChI=1S/C18H21ClFN5O/c19-25(15-7-2-1-3-8-15)24-14-21-13-16(20)18(24)22-17-9-4-5-10-23(17)11-6-12-26/h1-3,6-8,11-13,17,22H,4-5,9-10,14H2. The number of aldehydes is 1. The quantitative estimate of drug-likeness (QED) is 0.469. The Morgan fingerprint density at radius 2 is 2.12 bits per heavy atom. The Kier molecular flexibility index (Phi) is 6.12. The van der Waals surface area contributed by atoms with Crippen LogP contribution in [0, 0.1) is 0 Å². The molecular formula is C18H21ClFN5O. The molecule has 8 heteroatoms. The summed E-state index contributed by atoms with van der Waals surface area (Å²) in [5.41, 5.74) is 0.708. The number of para-hydroxylation sites is 1. The van der Waals surface area contributed by atoms with Crippen LogP contribution in [0.2, 0.25) is 0 Å². The second kappa shape index (κ2) is 8.71. The molecule has 138 valence electrons. The van der Waals surface area contributed by atoms with Crippen molar-refractivity contribution in [2.75, 3.05) is 17.7 Å². The fourth-order valence-corrected chi connectivity index (χ4v) is 3.26. The van der Waals surface area contributed by atoms with E-state index in [1.54, 1.807) is 11.2 Å². The lowest BCUT2D eigenvalue weighted by Gasteiger charge is -2.40. The predicted molar refractivity (Wildman–Crippen MR) is 101 cm³/mol. The molecule has 0 amide bonds. The van der Waals surface area contributed by atoms with E-state index in [0.29, 0.717) is 5.69 Å². The van der Waals surface area contributed by atoms with Crippen molar-refractivity contribution in [3.05, 3.63) is 54.3 Å². The number of allylic oxidation sites excluding steroid dienone is 2. The van der Waals surface area contributed by atoms with E-state index < -0.39 is 5.83 Å². The van der Waals surface area contributed by atoms with Crippen molar-refractivity contribution < 1.29 is 9.18 Å². The van der Waals surface area contributed by atoms with Crippen LogP contribution in [0.4, 0.5) is 10.1 Å². The summed E-state index contributed by atoms with van der Waals surface area (Å²) in [4.78, 5) is 16.7. The minimum atomic E-state index is -0.484. The van der Waals surface area contributed by atoms with Crippen molar-refractivity contribution in [1.82, 2.24) is 15.2 Å². The predicted octanol–water partition coefficient (Wildman–Crippen LogP) is 3.16. The van der Waals surface area contributed by atoms with Crippen LogP contribution >= 0.6 is 11.8 Å². The Morgan fingerprint density at radius 3 is 2.88 bits per heavy atom. The zero-order valence-electron chi connectivity index (χ0n) is 14.3. The molecule has 0 spiro atoms. The highest BCUT2D eigenvalue weighted by Crippen LogP contribution is 2.26. The summed E-state index contributed by atoms with van der Waals surface area (Å²) in [7, 11) is 0. The summed E-state index contributed by atoms with van der Waals surface area (Å²) < 4.78 is 15.9. The molecule has 1 aromatic rings. The molecular weight excluding hydrogens is 357 g/mol. The third-order valence-corrected chi connectivity index (χ3v) is 4.67. The summed E-state index contributed by atoms with van der Waals surface area (Å²) in [6, 6.07) is 9.27. The lowest BCUT2D eigenvalue weighted by molar-refractivity contribution is -0.104. The van der Waals surface area contributed by atoms with Gasteiger partial charge < -0.3 is 10.2 Å². The van der Waals surface area contributed by atoms with Crippen molar-refractivity contribution in [1.29, 1.82) is 0 Å². The molecule has 3 rings (SSSR count). The molecule has 1 aromatic carbocycles. The van der Waals surface area contributed by atoms with Crippen LogP contribution in [0.3, 0.4) is 0 Å². The minimum Gasteiger partial charge on any atom is -0.357 e. The topological polar surface area (TPSA) is 51.2 Å². The van der Waals surface area contributed by atoms with Gasteiger partial charge in [0.05, 0.1) is 18.1 Å². The monoisotopic (exact) mass is 377 g/mol. The Labute approximate surface area is 157 Å². The number of hydrogen-bond acceptors (Lipinski definition) is 6. The number of carbonyl (C=O) groups excluding carboxylic acids is 1. The number of aliphatic imine (C=N–C) groups is 1. The van der Waals surface area contributed by atoms with Gasteiger partial charge in [0.2, 0.25) is 0 Å². The number of anilines is 1. The van der Waals surface area contributed by atoms with Gasteiger partial charge in [-0.05, 0) is 37.5 Å². The normalized spacial score (nSPS) is 20.6. The van der Waals surface area contributed by atoms with Gasteiger partial charge in [0, 0.05) is 24.5 Å². The molecule has 0 aliphatic carbocycles. The maximum absolute atomic E-state index is 14.6. The molecule has 2 heterocycles. The van der Waals surface area contributed by atoms with Crippen LogP contribution in [0.5, 0.6) is 0 Å². The second-order valence-corrected chi connectivity index (χ2v) is 6.34. The van der Waals surface area contributed by atoms with E-state index in [2.05, 4.69) is 10.3 Å². The highest BCUT2D eigenvalue weighted by molar-refractivity contribution is 6.25. The van der Waals surface area contributed by atoms with Gasteiger partial charge in [-0.2, -0.15) is 4.53 Å². The molecule has 0 radical (unpaired) electrons. The lowest BCUT2D eigenvalue weighted by atomic mass is 10.1. The second-order valence-electron chi connectivity index (χ2n) is 6.02. The number of carbonyl (C=O) groups is 1. The highest BCUT2D eigenvalue weighted by atomic mass is 35.5. The van der Waals surface area contributed by atoms with Crippen LogP contribution < -0.4 is 9.84 Å². The van der Waals surface area contributed by atoms with E-state index in [0.717, 1.165) is 32.1 Å². The number of rotatable bonds is 6. The van der Waals surface area contributed by atoms with E-state index in [1.807, 2.05) is 35.2 Å². The van der Waals surface area contributed by atoms with E-state index >= 15 is 0 Å². The first-order valence-corrected chi connectivity index (χ1v) is 8.87. The van der Waals surface area contributed by atoms with Crippen molar-refractivity contribution in [3.63, 3.8) is 0 Å². The first-order chi connectivity index (χ1) is 12.7. The van der Waals surface area contributed by atoms with Gasteiger partial charge in [-0.3, -0.25) is 9.79 Å². The van der Waals surface area contributed by atoms with Crippen LogP contribution in [0.15, 0.2) is 59.2 Å². The van der Waals surface area contributed by atoms with E-state index in [4.69, 9.17) is 11.8 Å².